The van der Waals surface area contributed by atoms with E-state index in [0.29, 0.717) is 0 Å². The Bertz CT molecular complexity index is 568. The molecule has 0 fully saturated rings. The fourth-order valence-electron chi connectivity index (χ4n) is 2.71. The van der Waals surface area contributed by atoms with E-state index in [1.807, 2.05) is 6.08 Å². The average Bonchev–Trinajstić information content (AvgIpc) is 2.58. The molecule has 1 aliphatic rings. The Labute approximate surface area is 108 Å². The minimum absolute atomic E-state index is 1.11. The fourth-order valence-corrected chi connectivity index (χ4v) is 2.71. The van der Waals surface area contributed by atoms with Gasteiger partial charge in [-0.05, 0) is 40.7 Å². The zero-order valence-corrected chi connectivity index (χ0v) is 10.4. The van der Waals surface area contributed by atoms with Gasteiger partial charge in [0.15, 0.2) is 0 Å². The highest BCUT2D eigenvalue weighted by molar-refractivity contribution is 5.84. The normalized spacial score (nSPS) is 13.2. The van der Waals surface area contributed by atoms with Gasteiger partial charge in [-0.25, -0.2) is 0 Å². The van der Waals surface area contributed by atoms with Crippen LogP contribution in [0.4, 0.5) is 0 Å². The summed E-state index contributed by atoms with van der Waals surface area (Å²) in [5.74, 6) is 0. The van der Waals surface area contributed by atoms with Crippen LogP contribution in [0, 0.1) is 0 Å². The molecule has 0 unspecified atom stereocenters. The second-order valence-electron chi connectivity index (χ2n) is 4.63. The SMILES string of the molecule is C=CC=C1c2ccccc2CCc2ccccc21. The lowest BCUT2D eigenvalue weighted by atomic mass is 9.94. The third-order valence-corrected chi connectivity index (χ3v) is 3.56. The molecule has 0 N–H and O–H groups in total. The predicted molar refractivity (Wildman–Crippen MR) is 77.6 cm³/mol. The van der Waals surface area contributed by atoms with Gasteiger partial charge in [-0.15, -0.1) is 0 Å². The Morgan fingerprint density at radius 1 is 0.778 bits per heavy atom. The van der Waals surface area contributed by atoms with E-state index in [1.165, 1.54) is 27.8 Å². The highest BCUT2D eigenvalue weighted by Gasteiger charge is 2.16. The average molecular weight is 232 g/mol. The lowest BCUT2D eigenvalue weighted by Gasteiger charge is -2.10. The van der Waals surface area contributed by atoms with Gasteiger partial charge < -0.3 is 0 Å². The van der Waals surface area contributed by atoms with Gasteiger partial charge in [-0.2, -0.15) is 0 Å². The molecule has 1 aliphatic carbocycles. The van der Waals surface area contributed by atoms with Crippen LogP contribution in [-0.2, 0) is 12.8 Å². The van der Waals surface area contributed by atoms with Crippen molar-refractivity contribution in [2.75, 3.05) is 0 Å². The van der Waals surface area contributed by atoms with Crippen LogP contribution in [0.15, 0.2) is 67.3 Å². The summed E-state index contributed by atoms with van der Waals surface area (Å²) in [5, 5.41) is 0. The molecule has 2 aromatic rings. The number of aryl methyl sites for hydroxylation is 2. The van der Waals surface area contributed by atoms with Crippen LogP contribution in [-0.4, -0.2) is 0 Å². The zero-order chi connectivity index (χ0) is 12.4. The fraction of sp³-hybridized carbons (Fsp3) is 0.111. The van der Waals surface area contributed by atoms with Crippen LogP contribution in [0.2, 0.25) is 0 Å². The number of fused-ring (bicyclic) bond motifs is 2. The molecule has 0 heterocycles. The van der Waals surface area contributed by atoms with Crippen molar-refractivity contribution in [1.82, 2.24) is 0 Å². The van der Waals surface area contributed by atoms with E-state index in [0.717, 1.165) is 12.8 Å². The number of rotatable bonds is 1. The molecule has 2 aromatic carbocycles. The molecule has 0 amide bonds. The van der Waals surface area contributed by atoms with E-state index in [-0.39, 0.29) is 0 Å². The molecule has 0 spiro atoms. The van der Waals surface area contributed by atoms with E-state index < -0.39 is 0 Å². The van der Waals surface area contributed by atoms with Crippen molar-refractivity contribution in [3.63, 3.8) is 0 Å². The molecule has 0 nitrogen and oxygen atoms in total. The largest absolute Gasteiger partial charge is 0.0990 e. The van der Waals surface area contributed by atoms with E-state index in [4.69, 9.17) is 0 Å². The second-order valence-corrected chi connectivity index (χ2v) is 4.63. The molecule has 0 atom stereocenters. The van der Waals surface area contributed by atoms with Gasteiger partial charge in [-0.3, -0.25) is 0 Å². The van der Waals surface area contributed by atoms with Gasteiger partial charge in [-0.1, -0.05) is 67.3 Å². The van der Waals surface area contributed by atoms with Crippen LogP contribution >= 0.6 is 0 Å². The minimum Gasteiger partial charge on any atom is -0.0990 e. The maximum Gasteiger partial charge on any atom is -0.0106 e. The molecule has 88 valence electrons. The van der Waals surface area contributed by atoms with Gasteiger partial charge in [0.1, 0.15) is 0 Å². The number of benzene rings is 2. The maximum absolute atomic E-state index is 3.85. The topological polar surface area (TPSA) is 0 Å². The Hall–Kier alpha value is -2.08. The first-order valence-electron chi connectivity index (χ1n) is 6.39. The van der Waals surface area contributed by atoms with Crippen molar-refractivity contribution in [3.8, 4) is 0 Å². The van der Waals surface area contributed by atoms with E-state index >= 15 is 0 Å². The summed E-state index contributed by atoms with van der Waals surface area (Å²) in [6.45, 7) is 3.85. The summed E-state index contributed by atoms with van der Waals surface area (Å²) in [6, 6.07) is 17.4. The first kappa shape index (κ1) is 11.0. The maximum atomic E-state index is 3.85. The Balaban J connectivity index is 2.28. The van der Waals surface area contributed by atoms with Crippen molar-refractivity contribution in [2.24, 2.45) is 0 Å². The monoisotopic (exact) mass is 232 g/mol. The van der Waals surface area contributed by atoms with Crippen molar-refractivity contribution < 1.29 is 0 Å². The first-order valence-corrected chi connectivity index (χ1v) is 6.39. The minimum atomic E-state index is 1.11. The Morgan fingerprint density at radius 3 is 1.78 bits per heavy atom. The molecule has 0 radical (unpaired) electrons. The summed E-state index contributed by atoms with van der Waals surface area (Å²) in [4.78, 5) is 0. The zero-order valence-electron chi connectivity index (χ0n) is 10.4. The number of hydrogen-bond acceptors (Lipinski definition) is 0. The van der Waals surface area contributed by atoms with Gasteiger partial charge >= 0.3 is 0 Å². The quantitative estimate of drug-likeness (QED) is 0.683. The van der Waals surface area contributed by atoms with Crippen molar-refractivity contribution in [1.29, 1.82) is 0 Å². The third kappa shape index (κ3) is 1.80. The lowest BCUT2D eigenvalue weighted by molar-refractivity contribution is 0.965. The molecule has 0 saturated heterocycles. The molecular formula is C18H16. The van der Waals surface area contributed by atoms with Crippen molar-refractivity contribution in [2.45, 2.75) is 12.8 Å². The highest BCUT2D eigenvalue weighted by Crippen LogP contribution is 2.33. The number of allylic oxidation sites excluding steroid dienone is 2. The summed E-state index contributed by atoms with van der Waals surface area (Å²) in [6.07, 6.45) is 6.24. The van der Waals surface area contributed by atoms with E-state index in [9.17, 15) is 0 Å². The van der Waals surface area contributed by atoms with Crippen LogP contribution in [0.1, 0.15) is 22.3 Å². The smallest absolute Gasteiger partial charge is 0.0106 e. The molecule has 0 aromatic heterocycles. The molecule has 0 bridgehead atoms. The predicted octanol–water partition coefficient (Wildman–Crippen LogP) is 4.40. The number of hydrogen-bond donors (Lipinski definition) is 0. The van der Waals surface area contributed by atoms with Crippen molar-refractivity contribution in [3.05, 3.63) is 89.5 Å². The van der Waals surface area contributed by atoms with Crippen molar-refractivity contribution >= 4 is 5.57 Å². The molecule has 0 aliphatic heterocycles. The third-order valence-electron chi connectivity index (χ3n) is 3.56. The summed E-state index contributed by atoms with van der Waals surface area (Å²) >= 11 is 0. The highest BCUT2D eigenvalue weighted by atomic mass is 14.2. The lowest BCUT2D eigenvalue weighted by Crippen LogP contribution is -1.91. The molecule has 3 rings (SSSR count). The van der Waals surface area contributed by atoms with Gasteiger partial charge in [0.05, 0.1) is 0 Å². The standard InChI is InChI=1S/C18H16/c1-2-7-18-16-10-5-3-8-14(16)12-13-15-9-4-6-11-17(15)18/h2-11H,1,12-13H2. The molecule has 18 heavy (non-hydrogen) atoms. The van der Waals surface area contributed by atoms with Crippen LogP contribution in [0.3, 0.4) is 0 Å². The van der Waals surface area contributed by atoms with Crippen LogP contribution in [0.5, 0.6) is 0 Å². The van der Waals surface area contributed by atoms with E-state index in [1.54, 1.807) is 0 Å². The molecule has 0 heteroatoms. The molecule has 0 saturated carbocycles. The Kier molecular flexibility index (Phi) is 2.85. The van der Waals surface area contributed by atoms with Crippen LogP contribution in [0.25, 0.3) is 5.57 Å². The van der Waals surface area contributed by atoms with Crippen LogP contribution < -0.4 is 0 Å². The first-order chi connectivity index (χ1) is 8.90. The van der Waals surface area contributed by atoms with E-state index in [2.05, 4.69) is 61.2 Å². The molecular weight excluding hydrogens is 216 g/mol. The summed E-state index contributed by atoms with van der Waals surface area (Å²) < 4.78 is 0. The second kappa shape index (κ2) is 4.66. The summed E-state index contributed by atoms with van der Waals surface area (Å²) in [7, 11) is 0. The Morgan fingerprint density at radius 2 is 1.28 bits per heavy atom. The van der Waals surface area contributed by atoms with Gasteiger partial charge in [0.2, 0.25) is 0 Å². The van der Waals surface area contributed by atoms with Gasteiger partial charge in [0, 0.05) is 0 Å². The summed E-state index contributed by atoms with van der Waals surface area (Å²) in [5.41, 5.74) is 6.86. The van der Waals surface area contributed by atoms with Gasteiger partial charge in [0.25, 0.3) is 0 Å².